The monoisotopic (exact) mass is 438 g/mol. The quantitative estimate of drug-likeness (QED) is 0.341. The van der Waals surface area contributed by atoms with Crippen molar-refractivity contribution in [1.29, 1.82) is 0 Å². The van der Waals surface area contributed by atoms with Gasteiger partial charge < -0.3 is 9.32 Å². The highest BCUT2D eigenvalue weighted by molar-refractivity contribution is 8.23. The van der Waals surface area contributed by atoms with Crippen LogP contribution in [-0.2, 0) is 6.54 Å². The number of para-hydroxylation sites is 1. The van der Waals surface area contributed by atoms with Crippen LogP contribution in [0.4, 0.5) is 0 Å². The summed E-state index contributed by atoms with van der Waals surface area (Å²) in [4.78, 5) is 29.3. The second kappa shape index (κ2) is 9.55. The van der Waals surface area contributed by atoms with E-state index >= 15 is 0 Å². The highest BCUT2D eigenvalue weighted by atomic mass is 32.2. The SMILES string of the molecule is O=C(CSC(=S)N1CCN(Cc2ccccc2)CC1)c1cc2ccccc2oc1=O. The summed E-state index contributed by atoms with van der Waals surface area (Å²) >= 11 is 6.85. The Hall–Kier alpha value is -2.48. The van der Waals surface area contributed by atoms with Crippen LogP contribution < -0.4 is 5.63 Å². The standard InChI is InChI=1S/C23H22N2O3S2/c26-20(19-14-18-8-4-5-9-21(18)28-22(19)27)16-30-23(29)25-12-10-24(11-13-25)15-17-6-2-1-3-7-17/h1-9,14H,10-13,15-16H2. The Morgan fingerprint density at radius 3 is 2.47 bits per heavy atom. The largest absolute Gasteiger partial charge is 0.422 e. The van der Waals surface area contributed by atoms with Crippen LogP contribution in [0.1, 0.15) is 15.9 Å². The van der Waals surface area contributed by atoms with Crippen LogP contribution in [0, 0.1) is 0 Å². The molecule has 0 aliphatic carbocycles. The highest BCUT2D eigenvalue weighted by Gasteiger charge is 2.21. The van der Waals surface area contributed by atoms with Crippen molar-refractivity contribution in [2.45, 2.75) is 6.54 Å². The van der Waals surface area contributed by atoms with Crippen LogP contribution in [-0.4, -0.2) is 51.8 Å². The second-order valence-electron chi connectivity index (χ2n) is 7.21. The van der Waals surface area contributed by atoms with E-state index in [0.29, 0.717) is 9.90 Å². The second-order valence-corrected chi connectivity index (χ2v) is 8.82. The van der Waals surface area contributed by atoms with Gasteiger partial charge in [0.15, 0.2) is 5.78 Å². The van der Waals surface area contributed by atoms with Crippen LogP contribution in [0.3, 0.4) is 0 Å². The fraction of sp³-hybridized carbons (Fsp3) is 0.261. The Labute approximate surface area is 184 Å². The van der Waals surface area contributed by atoms with Crippen molar-refractivity contribution in [2.75, 3.05) is 31.9 Å². The maximum atomic E-state index is 12.6. The minimum Gasteiger partial charge on any atom is -0.422 e. The first-order chi connectivity index (χ1) is 14.6. The third kappa shape index (κ3) is 4.98. The van der Waals surface area contributed by atoms with E-state index in [1.165, 1.54) is 17.3 Å². The number of Topliss-reactive ketones (excluding diaryl/α,β-unsaturated/α-hetero) is 1. The number of thioether (sulfide) groups is 1. The molecule has 0 radical (unpaired) electrons. The number of hydrogen-bond acceptors (Lipinski definition) is 6. The first kappa shape index (κ1) is 20.8. The van der Waals surface area contributed by atoms with Gasteiger partial charge in [-0.2, -0.15) is 0 Å². The fourth-order valence-electron chi connectivity index (χ4n) is 3.48. The molecule has 1 aliphatic rings. The number of ketones is 1. The summed E-state index contributed by atoms with van der Waals surface area (Å²) in [5, 5.41) is 0.738. The lowest BCUT2D eigenvalue weighted by atomic mass is 10.1. The van der Waals surface area contributed by atoms with Crippen molar-refractivity contribution in [3.63, 3.8) is 0 Å². The van der Waals surface area contributed by atoms with Gasteiger partial charge >= 0.3 is 5.63 Å². The molecular formula is C23H22N2O3S2. The lowest BCUT2D eigenvalue weighted by Gasteiger charge is -2.35. The molecule has 3 aromatic rings. The molecule has 2 aromatic carbocycles. The lowest BCUT2D eigenvalue weighted by molar-refractivity contribution is 0.101. The Kier molecular flexibility index (Phi) is 6.62. The van der Waals surface area contributed by atoms with Crippen LogP contribution in [0.15, 0.2) is 69.9 Å². The molecule has 2 heterocycles. The number of hydrogen-bond donors (Lipinski definition) is 0. The zero-order valence-corrected chi connectivity index (χ0v) is 18.1. The summed E-state index contributed by atoms with van der Waals surface area (Å²) in [6.07, 6.45) is 0. The molecule has 4 rings (SSSR count). The summed E-state index contributed by atoms with van der Waals surface area (Å²) in [5.74, 6) is -0.129. The van der Waals surface area contributed by atoms with Crippen molar-refractivity contribution in [2.24, 2.45) is 0 Å². The summed E-state index contributed by atoms with van der Waals surface area (Å²) in [7, 11) is 0. The van der Waals surface area contributed by atoms with Crippen molar-refractivity contribution < 1.29 is 9.21 Å². The van der Waals surface area contributed by atoms with Crippen molar-refractivity contribution in [1.82, 2.24) is 9.80 Å². The number of carbonyl (C=O) groups excluding carboxylic acids is 1. The maximum absolute atomic E-state index is 12.6. The molecule has 30 heavy (non-hydrogen) atoms. The summed E-state index contributed by atoms with van der Waals surface area (Å²) in [5.41, 5.74) is 1.27. The van der Waals surface area contributed by atoms with Gasteiger partial charge in [0.05, 0.1) is 5.75 Å². The molecule has 0 unspecified atom stereocenters. The van der Waals surface area contributed by atoms with Crippen molar-refractivity contribution >= 4 is 45.1 Å². The molecule has 154 valence electrons. The summed E-state index contributed by atoms with van der Waals surface area (Å²) in [6.45, 7) is 4.47. The summed E-state index contributed by atoms with van der Waals surface area (Å²) in [6, 6.07) is 19.2. The van der Waals surface area contributed by atoms with Gasteiger partial charge in [0.2, 0.25) is 0 Å². The van der Waals surface area contributed by atoms with Gasteiger partial charge in [0.25, 0.3) is 0 Å². The van der Waals surface area contributed by atoms with E-state index in [2.05, 4.69) is 34.1 Å². The number of nitrogens with zero attached hydrogens (tertiary/aromatic N) is 2. The van der Waals surface area contributed by atoms with Crippen LogP contribution in [0.5, 0.6) is 0 Å². The third-order valence-corrected chi connectivity index (χ3v) is 6.67. The van der Waals surface area contributed by atoms with E-state index < -0.39 is 5.63 Å². The number of piperazine rings is 1. The molecule has 7 heteroatoms. The normalized spacial score (nSPS) is 14.7. The van der Waals surface area contributed by atoms with Gasteiger partial charge in [0.1, 0.15) is 15.5 Å². The highest BCUT2D eigenvalue weighted by Crippen LogP contribution is 2.17. The zero-order valence-electron chi connectivity index (χ0n) is 16.5. The molecule has 5 nitrogen and oxygen atoms in total. The molecule has 0 bridgehead atoms. The van der Waals surface area contributed by atoms with Crippen LogP contribution in [0.2, 0.25) is 0 Å². The zero-order chi connectivity index (χ0) is 20.9. The minimum absolute atomic E-state index is 0.0803. The van der Waals surface area contributed by atoms with E-state index in [4.69, 9.17) is 16.6 Å². The lowest BCUT2D eigenvalue weighted by Crippen LogP contribution is -2.47. The summed E-state index contributed by atoms with van der Waals surface area (Å²) < 4.78 is 5.96. The molecule has 0 spiro atoms. The predicted molar refractivity (Wildman–Crippen MR) is 125 cm³/mol. The Bertz CT molecular complexity index is 1110. The Morgan fingerprint density at radius 2 is 1.70 bits per heavy atom. The molecule has 0 N–H and O–H groups in total. The number of fused-ring (bicyclic) bond motifs is 1. The molecule has 0 amide bonds. The molecule has 0 saturated carbocycles. The van der Waals surface area contributed by atoms with E-state index in [-0.39, 0.29) is 17.1 Å². The Morgan fingerprint density at radius 1 is 1.00 bits per heavy atom. The predicted octanol–water partition coefficient (Wildman–Crippen LogP) is 3.81. The average Bonchev–Trinajstić information content (AvgIpc) is 2.78. The van der Waals surface area contributed by atoms with E-state index in [0.717, 1.165) is 38.1 Å². The van der Waals surface area contributed by atoms with Crippen molar-refractivity contribution in [3.05, 3.63) is 82.2 Å². The maximum Gasteiger partial charge on any atom is 0.347 e. The van der Waals surface area contributed by atoms with Gasteiger partial charge in [-0.05, 0) is 17.7 Å². The van der Waals surface area contributed by atoms with E-state index in [9.17, 15) is 9.59 Å². The van der Waals surface area contributed by atoms with Crippen LogP contribution in [0.25, 0.3) is 11.0 Å². The minimum atomic E-state index is -0.597. The van der Waals surface area contributed by atoms with Crippen LogP contribution >= 0.6 is 24.0 Å². The molecule has 1 fully saturated rings. The van der Waals surface area contributed by atoms with E-state index in [1.807, 2.05) is 18.2 Å². The van der Waals surface area contributed by atoms with Gasteiger partial charge in [-0.1, -0.05) is 72.5 Å². The molecule has 1 aliphatic heterocycles. The average molecular weight is 439 g/mol. The van der Waals surface area contributed by atoms with E-state index in [1.54, 1.807) is 18.2 Å². The number of rotatable bonds is 5. The molecular weight excluding hydrogens is 416 g/mol. The van der Waals surface area contributed by atoms with Crippen molar-refractivity contribution in [3.8, 4) is 0 Å². The number of carbonyl (C=O) groups is 1. The van der Waals surface area contributed by atoms with Gasteiger partial charge in [0, 0.05) is 38.1 Å². The molecule has 1 aromatic heterocycles. The molecule has 1 saturated heterocycles. The van der Waals surface area contributed by atoms with Gasteiger partial charge in [-0.25, -0.2) is 4.79 Å². The molecule has 0 atom stereocenters. The Balaban J connectivity index is 1.29. The van der Waals surface area contributed by atoms with Gasteiger partial charge in [-0.15, -0.1) is 0 Å². The fourth-order valence-corrected chi connectivity index (χ4v) is 4.62. The van der Waals surface area contributed by atoms with Gasteiger partial charge in [-0.3, -0.25) is 9.69 Å². The smallest absolute Gasteiger partial charge is 0.347 e. The number of benzene rings is 2. The topological polar surface area (TPSA) is 53.8 Å². The third-order valence-electron chi connectivity index (χ3n) is 5.15. The first-order valence-corrected chi connectivity index (χ1v) is 11.2. The number of thiocarbonyl (C=S) groups is 1. The first-order valence-electron chi connectivity index (χ1n) is 9.84.